The summed E-state index contributed by atoms with van der Waals surface area (Å²) in [5, 5.41) is 5.39. The molecular formula is C24H32N4O3. The molecule has 166 valence electrons. The summed E-state index contributed by atoms with van der Waals surface area (Å²) in [5.74, 6) is -0.226. The third-order valence-electron chi connectivity index (χ3n) is 5.48. The summed E-state index contributed by atoms with van der Waals surface area (Å²) in [6, 6.07) is 18.0. The number of amides is 2. The van der Waals surface area contributed by atoms with Crippen LogP contribution in [0.5, 0.6) is 5.75 Å². The van der Waals surface area contributed by atoms with Gasteiger partial charge in [0.25, 0.3) is 0 Å². The second-order valence-corrected chi connectivity index (χ2v) is 7.60. The lowest BCUT2D eigenvalue weighted by Crippen LogP contribution is -2.47. The smallest absolute Gasteiger partial charge is 0.309 e. The second kappa shape index (κ2) is 12.0. The molecule has 1 heterocycles. The summed E-state index contributed by atoms with van der Waals surface area (Å²) in [5.41, 5.74) is 2.27. The highest BCUT2D eigenvalue weighted by molar-refractivity contribution is 6.35. The summed E-state index contributed by atoms with van der Waals surface area (Å²) in [6.07, 6.45) is 1.53. The van der Waals surface area contributed by atoms with E-state index in [0.29, 0.717) is 19.5 Å². The molecule has 1 aliphatic heterocycles. The standard InChI is InChI=1S/C24H32N4O3/c1-31-22-11-6-5-10-21(22)28-18-16-27(17-19-28)15-7-13-25-23(29)24(30)26-14-12-20-8-3-2-4-9-20/h2-6,8-11H,7,12-19H2,1H3,(H,25,29)(H,26,30). The number of rotatable bonds is 9. The van der Waals surface area contributed by atoms with E-state index in [2.05, 4.69) is 26.5 Å². The molecule has 1 saturated heterocycles. The predicted octanol–water partition coefficient (Wildman–Crippen LogP) is 1.68. The summed E-state index contributed by atoms with van der Waals surface area (Å²) < 4.78 is 5.47. The Morgan fingerprint density at radius 2 is 1.52 bits per heavy atom. The molecule has 2 amide bonds. The van der Waals surface area contributed by atoms with Crippen molar-refractivity contribution in [3.8, 4) is 5.75 Å². The monoisotopic (exact) mass is 424 g/mol. The first-order valence-electron chi connectivity index (χ1n) is 10.9. The number of hydrogen-bond donors (Lipinski definition) is 2. The maximum absolute atomic E-state index is 11.9. The minimum atomic E-state index is -0.568. The average Bonchev–Trinajstić information content (AvgIpc) is 2.82. The van der Waals surface area contributed by atoms with E-state index in [4.69, 9.17) is 4.74 Å². The van der Waals surface area contributed by atoms with Crippen molar-refractivity contribution in [3.05, 3.63) is 60.2 Å². The third kappa shape index (κ3) is 7.00. The third-order valence-corrected chi connectivity index (χ3v) is 5.48. The molecule has 1 fully saturated rings. The minimum absolute atomic E-state index is 0.451. The SMILES string of the molecule is COc1ccccc1N1CCN(CCCNC(=O)C(=O)NCCc2ccccc2)CC1. The highest BCUT2D eigenvalue weighted by Crippen LogP contribution is 2.28. The molecule has 0 bridgehead atoms. The summed E-state index contributed by atoms with van der Waals surface area (Å²) in [4.78, 5) is 28.6. The Kier molecular flexibility index (Phi) is 8.72. The van der Waals surface area contributed by atoms with Crippen LogP contribution in [-0.2, 0) is 16.0 Å². The first kappa shape index (κ1) is 22.6. The second-order valence-electron chi connectivity index (χ2n) is 7.60. The van der Waals surface area contributed by atoms with Crippen LogP contribution in [0.2, 0.25) is 0 Å². The zero-order valence-corrected chi connectivity index (χ0v) is 18.2. The van der Waals surface area contributed by atoms with Crippen LogP contribution < -0.4 is 20.3 Å². The van der Waals surface area contributed by atoms with Gasteiger partial charge in [-0.05, 0) is 37.1 Å². The van der Waals surface area contributed by atoms with E-state index in [1.165, 1.54) is 0 Å². The maximum atomic E-state index is 11.9. The molecule has 0 unspecified atom stereocenters. The van der Waals surface area contributed by atoms with Crippen molar-refractivity contribution in [3.63, 3.8) is 0 Å². The molecule has 31 heavy (non-hydrogen) atoms. The fourth-order valence-electron chi connectivity index (χ4n) is 3.73. The molecule has 7 nitrogen and oxygen atoms in total. The van der Waals surface area contributed by atoms with E-state index in [0.717, 1.165) is 56.1 Å². The summed E-state index contributed by atoms with van der Waals surface area (Å²) >= 11 is 0. The largest absolute Gasteiger partial charge is 0.495 e. The average molecular weight is 425 g/mol. The zero-order chi connectivity index (χ0) is 21.9. The highest BCUT2D eigenvalue weighted by Gasteiger charge is 2.19. The zero-order valence-electron chi connectivity index (χ0n) is 18.2. The molecule has 0 spiro atoms. The Morgan fingerprint density at radius 3 is 2.23 bits per heavy atom. The fourth-order valence-corrected chi connectivity index (χ4v) is 3.73. The Balaban J connectivity index is 1.28. The van der Waals surface area contributed by atoms with E-state index >= 15 is 0 Å². The first-order chi connectivity index (χ1) is 15.2. The number of anilines is 1. The molecule has 0 saturated carbocycles. The molecule has 0 aromatic heterocycles. The molecule has 3 rings (SSSR count). The first-order valence-corrected chi connectivity index (χ1v) is 10.9. The van der Waals surface area contributed by atoms with Gasteiger partial charge in [-0.1, -0.05) is 42.5 Å². The van der Waals surface area contributed by atoms with Crippen LogP contribution >= 0.6 is 0 Å². The molecule has 0 aliphatic carbocycles. The molecule has 2 aromatic rings. The predicted molar refractivity (Wildman–Crippen MR) is 122 cm³/mol. The van der Waals surface area contributed by atoms with E-state index < -0.39 is 11.8 Å². The van der Waals surface area contributed by atoms with Crippen molar-refractivity contribution in [1.29, 1.82) is 0 Å². The Bertz CT molecular complexity index is 836. The van der Waals surface area contributed by atoms with Crippen molar-refractivity contribution < 1.29 is 14.3 Å². The molecule has 0 radical (unpaired) electrons. The van der Waals surface area contributed by atoms with Gasteiger partial charge in [0.2, 0.25) is 0 Å². The van der Waals surface area contributed by atoms with Crippen LogP contribution in [0.25, 0.3) is 0 Å². The van der Waals surface area contributed by atoms with Crippen LogP contribution in [0.15, 0.2) is 54.6 Å². The van der Waals surface area contributed by atoms with E-state index in [1.54, 1.807) is 7.11 Å². The van der Waals surface area contributed by atoms with Crippen molar-refractivity contribution in [2.45, 2.75) is 12.8 Å². The lowest BCUT2D eigenvalue weighted by molar-refractivity contribution is -0.139. The van der Waals surface area contributed by atoms with Crippen molar-refractivity contribution in [2.24, 2.45) is 0 Å². The molecule has 2 aromatic carbocycles. The molecule has 2 N–H and O–H groups in total. The minimum Gasteiger partial charge on any atom is -0.495 e. The topological polar surface area (TPSA) is 73.9 Å². The van der Waals surface area contributed by atoms with Crippen LogP contribution in [0, 0.1) is 0 Å². The van der Waals surface area contributed by atoms with Gasteiger partial charge in [-0.15, -0.1) is 0 Å². The number of para-hydroxylation sites is 2. The van der Waals surface area contributed by atoms with Gasteiger partial charge in [0.15, 0.2) is 0 Å². The van der Waals surface area contributed by atoms with Crippen molar-refractivity contribution >= 4 is 17.5 Å². The van der Waals surface area contributed by atoms with E-state index in [-0.39, 0.29) is 0 Å². The van der Waals surface area contributed by atoms with E-state index in [9.17, 15) is 9.59 Å². The van der Waals surface area contributed by atoms with Gasteiger partial charge in [0.1, 0.15) is 5.75 Å². The highest BCUT2D eigenvalue weighted by atomic mass is 16.5. The number of nitrogens with zero attached hydrogens (tertiary/aromatic N) is 2. The molecular weight excluding hydrogens is 392 g/mol. The summed E-state index contributed by atoms with van der Waals surface area (Å²) in [6.45, 7) is 5.66. The van der Waals surface area contributed by atoms with Crippen LogP contribution in [-0.4, -0.2) is 69.6 Å². The molecule has 1 aliphatic rings. The normalized spacial score (nSPS) is 14.2. The van der Waals surface area contributed by atoms with Gasteiger partial charge >= 0.3 is 11.8 Å². The number of carbonyl (C=O) groups is 2. The summed E-state index contributed by atoms with van der Waals surface area (Å²) in [7, 11) is 1.70. The number of methoxy groups -OCH3 is 1. The number of benzene rings is 2. The van der Waals surface area contributed by atoms with Crippen LogP contribution in [0.1, 0.15) is 12.0 Å². The number of nitrogens with one attached hydrogen (secondary N) is 2. The van der Waals surface area contributed by atoms with Crippen LogP contribution in [0.4, 0.5) is 5.69 Å². The number of ether oxygens (including phenoxy) is 1. The van der Waals surface area contributed by atoms with Gasteiger partial charge < -0.3 is 20.3 Å². The fraction of sp³-hybridized carbons (Fsp3) is 0.417. The van der Waals surface area contributed by atoms with Crippen molar-refractivity contribution in [2.75, 3.05) is 57.8 Å². The van der Waals surface area contributed by atoms with Gasteiger partial charge in [0, 0.05) is 39.3 Å². The quantitative estimate of drug-likeness (QED) is 0.473. The number of hydrogen-bond acceptors (Lipinski definition) is 5. The van der Waals surface area contributed by atoms with E-state index in [1.807, 2.05) is 48.5 Å². The number of carbonyl (C=O) groups excluding carboxylic acids is 2. The Hall–Kier alpha value is -3.06. The molecule has 7 heteroatoms. The van der Waals surface area contributed by atoms with Gasteiger partial charge in [0.05, 0.1) is 12.8 Å². The lowest BCUT2D eigenvalue weighted by Gasteiger charge is -2.36. The van der Waals surface area contributed by atoms with Gasteiger partial charge in [-0.25, -0.2) is 0 Å². The maximum Gasteiger partial charge on any atom is 0.309 e. The lowest BCUT2D eigenvalue weighted by atomic mass is 10.1. The van der Waals surface area contributed by atoms with Crippen LogP contribution in [0.3, 0.4) is 0 Å². The van der Waals surface area contributed by atoms with Gasteiger partial charge in [-0.2, -0.15) is 0 Å². The Morgan fingerprint density at radius 1 is 0.871 bits per heavy atom. The molecule has 0 atom stereocenters. The Labute approximate surface area is 184 Å². The number of piperazine rings is 1. The van der Waals surface area contributed by atoms with Gasteiger partial charge in [-0.3, -0.25) is 14.5 Å². The van der Waals surface area contributed by atoms with Crippen molar-refractivity contribution in [1.82, 2.24) is 15.5 Å².